The lowest BCUT2D eigenvalue weighted by Crippen LogP contribution is -2.53. The van der Waals surface area contributed by atoms with Gasteiger partial charge in [-0.3, -0.25) is 14.6 Å². The maximum atomic E-state index is 11.4. The Morgan fingerprint density at radius 3 is 2.07 bits per heavy atom. The molecular weight excluding hydrogens is 423 g/mol. The number of nitrogens with one attached hydrogen (secondary N) is 1. The van der Waals surface area contributed by atoms with E-state index in [9.17, 15) is 4.79 Å². The molecule has 0 radical (unpaired) electrons. The highest BCUT2D eigenvalue weighted by Gasteiger charge is 2.28. The molecular formula is C19H39Cl3N4O2. The largest absolute Gasteiger partial charge is 0.468 e. The van der Waals surface area contributed by atoms with E-state index in [-0.39, 0.29) is 43.2 Å². The molecule has 3 heterocycles. The van der Waals surface area contributed by atoms with Crippen LogP contribution in [0.1, 0.15) is 32.1 Å². The molecule has 28 heavy (non-hydrogen) atoms. The number of carbonyl (C=O) groups is 1. The van der Waals surface area contributed by atoms with Gasteiger partial charge in [-0.05, 0) is 57.7 Å². The third-order valence-electron chi connectivity index (χ3n) is 6.37. The Balaban J connectivity index is 0.00000243. The molecule has 3 saturated heterocycles. The highest BCUT2D eigenvalue weighted by Crippen LogP contribution is 2.20. The van der Waals surface area contributed by atoms with E-state index in [1.807, 2.05) is 0 Å². The number of hydrogen-bond donors (Lipinski definition) is 1. The summed E-state index contributed by atoms with van der Waals surface area (Å²) in [7, 11) is 1.47. The number of carbonyl (C=O) groups excluding carboxylic acids is 1. The van der Waals surface area contributed by atoms with Gasteiger partial charge in [-0.25, -0.2) is 0 Å². The van der Waals surface area contributed by atoms with Crippen molar-refractivity contribution in [1.29, 1.82) is 0 Å². The normalized spacial score (nSPS) is 23.2. The quantitative estimate of drug-likeness (QED) is 0.610. The van der Waals surface area contributed by atoms with Crippen molar-refractivity contribution in [2.75, 3.05) is 72.6 Å². The standard InChI is InChI=1S/C19H36N4O2.3ClH/c1-25-19(24)16-22-10-5-18(6-11-22)23-14-12-21(13-15-23)9-4-17-2-7-20-8-3-17;;;/h17-18,20H,2-16H2,1H3;3*1H. The minimum atomic E-state index is -0.110. The molecule has 1 N–H and O–H groups in total. The minimum absolute atomic E-state index is 0. The molecule has 0 bridgehead atoms. The van der Waals surface area contributed by atoms with Gasteiger partial charge in [0.1, 0.15) is 0 Å². The molecule has 0 aromatic heterocycles. The fourth-order valence-electron chi connectivity index (χ4n) is 4.58. The average molecular weight is 462 g/mol. The number of rotatable bonds is 6. The number of halogens is 3. The molecule has 9 heteroatoms. The minimum Gasteiger partial charge on any atom is -0.468 e. The summed E-state index contributed by atoms with van der Waals surface area (Å²) >= 11 is 0. The average Bonchev–Trinajstić information content (AvgIpc) is 2.68. The van der Waals surface area contributed by atoms with E-state index >= 15 is 0 Å². The number of nitrogens with zero attached hydrogens (tertiary/aromatic N) is 3. The first kappa shape index (κ1) is 28.2. The maximum Gasteiger partial charge on any atom is 0.319 e. The fraction of sp³-hybridized carbons (Fsp3) is 0.947. The summed E-state index contributed by atoms with van der Waals surface area (Å²) in [5.74, 6) is 0.833. The Bertz CT molecular complexity index is 412. The Kier molecular flexibility index (Phi) is 15.1. The molecule has 0 spiro atoms. The van der Waals surface area contributed by atoms with Gasteiger partial charge in [0.05, 0.1) is 13.7 Å². The summed E-state index contributed by atoms with van der Waals surface area (Å²) in [5, 5.41) is 3.46. The predicted octanol–water partition coefficient (Wildman–Crippen LogP) is 1.90. The van der Waals surface area contributed by atoms with Crippen LogP contribution in [0.3, 0.4) is 0 Å². The highest BCUT2D eigenvalue weighted by atomic mass is 35.5. The van der Waals surface area contributed by atoms with E-state index in [0.717, 1.165) is 19.0 Å². The number of esters is 1. The Morgan fingerprint density at radius 2 is 1.50 bits per heavy atom. The second-order valence-electron chi connectivity index (χ2n) is 7.94. The van der Waals surface area contributed by atoms with Crippen molar-refractivity contribution >= 4 is 43.2 Å². The summed E-state index contributed by atoms with van der Waals surface area (Å²) in [5.41, 5.74) is 0. The molecule has 0 amide bonds. The van der Waals surface area contributed by atoms with Crippen molar-refractivity contribution in [3.8, 4) is 0 Å². The maximum absolute atomic E-state index is 11.4. The second-order valence-corrected chi connectivity index (χ2v) is 7.94. The lowest BCUT2D eigenvalue weighted by Gasteiger charge is -2.43. The molecule has 3 aliphatic heterocycles. The van der Waals surface area contributed by atoms with Crippen molar-refractivity contribution < 1.29 is 9.53 Å². The molecule has 0 saturated carbocycles. The molecule has 0 aromatic carbocycles. The van der Waals surface area contributed by atoms with Crippen LogP contribution < -0.4 is 5.32 Å². The van der Waals surface area contributed by atoms with Crippen molar-refractivity contribution in [3.63, 3.8) is 0 Å². The SMILES string of the molecule is COC(=O)CN1CCC(N2CCN(CCC3CCNCC3)CC2)CC1.Cl.Cl.Cl. The molecule has 3 fully saturated rings. The van der Waals surface area contributed by atoms with Gasteiger partial charge in [0.15, 0.2) is 0 Å². The second kappa shape index (κ2) is 15.1. The van der Waals surface area contributed by atoms with Gasteiger partial charge in [-0.15, -0.1) is 37.2 Å². The van der Waals surface area contributed by atoms with Gasteiger partial charge in [0.2, 0.25) is 0 Å². The Hall–Kier alpha value is 0.180. The van der Waals surface area contributed by atoms with Crippen molar-refractivity contribution in [1.82, 2.24) is 20.0 Å². The summed E-state index contributed by atoms with van der Waals surface area (Å²) < 4.78 is 4.77. The molecule has 168 valence electrons. The summed E-state index contributed by atoms with van der Waals surface area (Å²) in [6.07, 6.45) is 6.49. The topological polar surface area (TPSA) is 48.1 Å². The molecule has 0 unspecified atom stereocenters. The zero-order valence-corrected chi connectivity index (χ0v) is 19.6. The van der Waals surface area contributed by atoms with Crippen molar-refractivity contribution in [2.45, 2.75) is 38.1 Å². The third-order valence-corrected chi connectivity index (χ3v) is 6.37. The lowest BCUT2D eigenvalue weighted by molar-refractivity contribution is -0.142. The van der Waals surface area contributed by atoms with E-state index in [2.05, 4.69) is 20.0 Å². The number of ether oxygens (including phenoxy) is 1. The first-order valence-electron chi connectivity index (χ1n) is 10.2. The van der Waals surface area contributed by atoms with Crippen LogP contribution in [-0.2, 0) is 9.53 Å². The van der Waals surface area contributed by atoms with Crippen LogP contribution in [0.4, 0.5) is 0 Å². The van der Waals surface area contributed by atoms with Crippen LogP contribution in [0.15, 0.2) is 0 Å². The van der Waals surface area contributed by atoms with Gasteiger partial charge in [0, 0.05) is 45.3 Å². The van der Waals surface area contributed by atoms with E-state index in [4.69, 9.17) is 4.74 Å². The number of piperidine rings is 2. The van der Waals surface area contributed by atoms with E-state index in [0.29, 0.717) is 12.6 Å². The van der Waals surface area contributed by atoms with Gasteiger partial charge in [-0.1, -0.05) is 0 Å². The fourth-order valence-corrected chi connectivity index (χ4v) is 4.58. The molecule has 0 aromatic rings. The molecule has 0 atom stereocenters. The van der Waals surface area contributed by atoms with Crippen LogP contribution in [-0.4, -0.2) is 99.3 Å². The first-order valence-corrected chi connectivity index (χ1v) is 10.2. The van der Waals surface area contributed by atoms with Crippen LogP contribution in [0.2, 0.25) is 0 Å². The highest BCUT2D eigenvalue weighted by molar-refractivity contribution is 5.86. The van der Waals surface area contributed by atoms with Crippen molar-refractivity contribution in [3.05, 3.63) is 0 Å². The van der Waals surface area contributed by atoms with Crippen LogP contribution >= 0.6 is 37.2 Å². The van der Waals surface area contributed by atoms with E-state index < -0.39 is 0 Å². The molecule has 0 aliphatic carbocycles. The smallest absolute Gasteiger partial charge is 0.319 e. The predicted molar refractivity (Wildman–Crippen MR) is 121 cm³/mol. The lowest BCUT2D eigenvalue weighted by atomic mass is 9.94. The third kappa shape index (κ3) is 8.90. The van der Waals surface area contributed by atoms with Gasteiger partial charge in [0.25, 0.3) is 0 Å². The molecule has 3 aliphatic rings. The van der Waals surface area contributed by atoms with E-state index in [1.54, 1.807) is 0 Å². The Morgan fingerprint density at radius 1 is 0.893 bits per heavy atom. The summed E-state index contributed by atoms with van der Waals surface area (Å²) in [4.78, 5) is 19.0. The number of likely N-dealkylation sites (tertiary alicyclic amines) is 1. The van der Waals surface area contributed by atoms with Gasteiger partial charge in [-0.2, -0.15) is 0 Å². The first-order chi connectivity index (χ1) is 12.2. The Labute approximate surface area is 189 Å². The van der Waals surface area contributed by atoms with Gasteiger partial charge >= 0.3 is 5.97 Å². The monoisotopic (exact) mass is 460 g/mol. The summed E-state index contributed by atoms with van der Waals surface area (Å²) in [6, 6.07) is 0.709. The van der Waals surface area contributed by atoms with Crippen molar-refractivity contribution in [2.24, 2.45) is 5.92 Å². The zero-order valence-electron chi connectivity index (χ0n) is 17.1. The van der Waals surface area contributed by atoms with Crippen LogP contribution in [0.5, 0.6) is 0 Å². The molecule has 3 rings (SSSR count). The van der Waals surface area contributed by atoms with E-state index in [1.165, 1.54) is 85.0 Å². The number of hydrogen-bond acceptors (Lipinski definition) is 6. The van der Waals surface area contributed by atoms with Crippen LogP contribution in [0, 0.1) is 5.92 Å². The van der Waals surface area contributed by atoms with Gasteiger partial charge < -0.3 is 15.0 Å². The zero-order chi connectivity index (χ0) is 17.5. The molecule has 6 nitrogen and oxygen atoms in total. The van der Waals surface area contributed by atoms with Crippen LogP contribution in [0.25, 0.3) is 0 Å². The number of piperazine rings is 1. The summed E-state index contributed by atoms with van der Waals surface area (Å²) in [6.45, 7) is 11.1. The number of methoxy groups -OCH3 is 1.